The summed E-state index contributed by atoms with van der Waals surface area (Å²) in [5, 5.41) is 6.77. The fourth-order valence-electron chi connectivity index (χ4n) is 1.99. The average Bonchev–Trinajstić information content (AvgIpc) is 3.18. The van der Waals surface area contributed by atoms with Crippen LogP contribution in [0.2, 0.25) is 0 Å². The zero-order chi connectivity index (χ0) is 15.5. The number of aromatic nitrogens is 2. The molecular formula is C16H15N3O3. The van der Waals surface area contributed by atoms with Gasteiger partial charge in [0.2, 0.25) is 5.82 Å². The Kier molecular flexibility index (Phi) is 3.74. The van der Waals surface area contributed by atoms with E-state index in [9.17, 15) is 4.79 Å². The summed E-state index contributed by atoms with van der Waals surface area (Å²) in [6, 6.07) is 10.6. The maximum Gasteiger partial charge on any atom is 0.293 e. The fourth-order valence-corrected chi connectivity index (χ4v) is 1.99. The summed E-state index contributed by atoms with van der Waals surface area (Å²) in [7, 11) is 0. The van der Waals surface area contributed by atoms with Crippen molar-refractivity contribution in [3.05, 3.63) is 48.2 Å². The van der Waals surface area contributed by atoms with Gasteiger partial charge in [-0.05, 0) is 38.1 Å². The van der Waals surface area contributed by atoms with E-state index in [0.717, 1.165) is 0 Å². The smallest absolute Gasteiger partial charge is 0.293 e. The number of nitrogens with one attached hydrogen (secondary N) is 1. The van der Waals surface area contributed by atoms with Gasteiger partial charge in [-0.2, -0.15) is 4.98 Å². The van der Waals surface area contributed by atoms with E-state index in [4.69, 9.17) is 8.94 Å². The molecule has 1 amide bonds. The molecule has 0 unspecified atom stereocenters. The van der Waals surface area contributed by atoms with Crippen LogP contribution in [0.1, 0.15) is 24.2 Å². The van der Waals surface area contributed by atoms with E-state index < -0.39 is 0 Å². The van der Waals surface area contributed by atoms with Crippen molar-refractivity contribution >= 4 is 5.91 Å². The predicted octanol–water partition coefficient (Wildman–Crippen LogP) is 3.13. The predicted molar refractivity (Wildman–Crippen MR) is 80.0 cm³/mol. The Morgan fingerprint density at radius 1 is 1.23 bits per heavy atom. The average molecular weight is 297 g/mol. The molecule has 0 radical (unpaired) electrons. The van der Waals surface area contributed by atoms with Gasteiger partial charge in [0.1, 0.15) is 0 Å². The van der Waals surface area contributed by atoms with E-state index in [1.54, 1.807) is 30.3 Å². The second-order valence-electron chi connectivity index (χ2n) is 5.11. The van der Waals surface area contributed by atoms with Gasteiger partial charge in [-0.3, -0.25) is 4.79 Å². The highest BCUT2D eigenvalue weighted by Crippen LogP contribution is 2.23. The molecule has 0 aliphatic heterocycles. The molecule has 0 atom stereocenters. The van der Waals surface area contributed by atoms with Crippen LogP contribution in [0.15, 0.2) is 51.6 Å². The van der Waals surface area contributed by atoms with Crippen molar-refractivity contribution in [3.8, 4) is 23.0 Å². The number of furan rings is 1. The Morgan fingerprint density at radius 2 is 2.09 bits per heavy atom. The lowest BCUT2D eigenvalue weighted by Gasteiger charge is -2.08. The standard InChI is InChI=1S/C16H15N3O3/c1-10(2)17-15(20)12-6-3-5-11(9-12)14-18-16(22-19-14)13-7-4-8-21-13/h3-10H,1-2H3,(H,17,20). The topological polar surface area (TPSA) is 81.2 Å². The van der Waals surface area contributed by atoms with Gasteiger partial charge in [0.15, 0.2) is 5.76 Å². The molecule has 1 N–H and O–H groups in total. The molecule has 3 rings (SSSR count). The van der Waals surface area contributed by atoms with E-state index in [1.807, 2.05) is 19.9 Å². The molecule has 6 nitrogen and oxygen atoms in total. The maximum absolute atomic E-state index is 12.0. The summed E-state index contributed by atoms with van der Waals surface area (Å²) in [6.45, 7) is 3.83. The molecule has 6 heteroatoms. The first-order valence-corrected chi connectivity index (χ1v) is 6.92. The van der Waals surface area contributed by atoms with E-state index in [2.05, 4.69) is 15.5 Å². The third-order valence-corrected chi connectivity index (χ3v) is 2.96. The number of carbonyl (C=O) groups is 1. The number of carbonyl (C=O) groups excluding carboxylic acids is 1. The highest BCUT2D eigenvalue weighted by Gasteiger charge is 2.14. The Balaban J connectivity index is 1.88. The quantitative estimate of drug-likeness (QED) is 0.800. The van der Waals surface area contributed by atoms with Gasteiger partial charge < -0.3 is 14.3 Å². The lowest BCUT2D eigenvalue weighted by Crippen LogP contribution is -2.30. The molecule has 0 saturated carbocycles. The highest BCUT2D eigenvalue weighted by molar-refractivity contribution is 5.95. The molecule has 2 heterocycles. The van der Waals surface area contributed by atoms with Gasteiger partial charge in [-0.15, -0.1) is 0 Å². The maximum atomic E-state index is 12.0. The van der Waals surface area contributed by atoms with Crippen LogP contribution >= 0.6 is 0 Å². The third kappa shape index (κ3) is 2.90. The van der Waals surface area contributed by atoms with Crippen molar-refractivity contribution in [1.29, 1.82) is 0 Å². The number of benzene rings is 1. The lowest BCUT2D eigenvalue weighted by molar-refractivity contribution is 0.0943. The molecular weight excluding hydrogens is 282 g/mol. The Hall–Kier alpha value is -2.89. The molecule has 22 heavy (non-hydrogen) atoms. The first-order chi connectivity index (χ1) is 10.6. The van der Waals surface area contributed by atoms with Gasteiger partial charge >= 0.3 is 0 Å². The molecule has 2 aromatic heterocycles. The highest BCUT2D eigenvalue weighted by atomic mass is 16.5. The molecule has 0 spiro atoms. The summed E-state index contributed by atoms with van der Waals surface area (Å²) in [5.41, 5.74) is 1.26. The molecule has 0 bridgehead atoms. The summed E-state index contributed by atoms with van der Waals surface area (Å²) in [4.78, 5) is 16.3. The van der Waals surface area contributed by atoms with E-state index in [1.165, 1.54) is 6.26 Å². The molecule has 0 aliphatic carbocycles. The fraction of sp³-hybridized carbons (Fsp3) is 0.188. The van der Waals surface area contributed by atoms with Crippen molar-refractivity contribution in [3.63, 3.8) is 0 Å². The minimum atomic E-state index is -0.133. The molecule has 0 aliphatic rings. The van der Waals surface area contributed by atoms with E-state index >= 15 is 0 Å². The third-order valence-electron chi connectivity index (χ3n) is 2.96. The van der Waals surface area contributed by atoms with Crippen molar-refractivity contribution in [2.45, 2.75) is 19.9 Å². The zero-order valence-electron chi connectivity index (χ0n) is 12.2. The minimum absolute atomic E-state index is 0.0758. The lowest BCUT2D eigenvalue weighted by atomic mass is 10.1. The van der Waals surface area contributed by atoms with Gasteiger partial charge in [0.25, 0.3) is 11.8 Å². The van der Waals surface area contributed by atoms with Gasteiger partial charge in [0.05, 0.1) is 6.26 Å². The van der Waals surface area contributed by atoms with Crippen LogP contribution in [0.4, 0.5) is 0 Å². The molecule has 0 saturated heterocycles. The number of amides is 1. The Labute approximate surface area is 127 Å². The summed E-state index contributed by atoms with van der Waals surface area (Å²) < 4.78 is 10.4. The van der Waals surface area contributed by atoms with Gasteiger partial charge in [-0.1, -0.05) is 17.3 Å². The van der Waals surface area contributed by atoms with Crippen LogP contribution in [0, 0.1) is 0 Å². The van der Waals surface area contributed by atoms with Crippen LogP contribution < -0.4 is 5.32 Å². The zero-order valence-corrected chi connectivity index (χ0v) is 12.2. The Morgan fingerprint density at radius 3 is 2.82 bits per heavy atom. The minimum Gasteiger partial charge on any atom is -0.459 e. The molecule has 3 aromatic rings. The van der Waals surface area contributed by atoms with Gasteiger partial charge in [-0.25, -0.2) is 0 Å². The first-order valence-electron chi connectivity index (χ1n) is 6.92. The van der Waals surface area contributed by atoms with Crippen LogP contribution in [0.5, 0.6) is 0 Å². The summed E-state index contributed by atoms with van der Waals surface area (Å²) >= 11 is 0. The summed E-state index contributed by atoms with van der Waals surface area (Å²) in [6.07, 6.45) is 1.54. The monoisotopic (exact) mass is 297 g/mol. The van der Waals surface area contributed by atoms with Crippen molar-refractivity contribution < 1.29 is 13.7 Å². The molecule has 1 aromatic carbocycles. The SMILES string of the molecule is CC(C)NC(=O)c1cccc(-c2noc(-c3ccco3)n2)c1. The van der Waals surface area contributed by atoms with Crippen molar-refractivity contribution in [1.82, 2.24) is 15.5 Å². The number of nitrogens with zero attached hydrogens (tertiary/aromatic N) is 2. The van der Waals surface area contributed by atoms with Crippen LogP contribution in [-0.2, 0) is 0 Å². The normalized spacial score (nSPS) is 10.9. The second-order valence-corrected chi connectivity index (χ2v) is 5.11. The van der Waals surface area contributed by atoms with Crippen LogP contribution in [0.25, 0.3) is 23.0 Å². The van der Waals surface area contributed by atoms with Crippen LogP contribution in [0.3, 0.4) is 0 Å². The van der Waals surface area contributed by atoms with E-state index in [-0.39, 0.29) is 11.9 Å². The molecule has 0 fully saturated rings. The van der Waals surface area contributed by atoms with Crippen LogP contribution in [-0.4, -0.2) is 22.1 Å². The first kappa shape index (κ1) is 14.1. The second kappa shape index (κ2) is 5.85. The summed E-state index contributed by atoms with van der Waals surface area (Å²) in [5.74, 6) is 1.08. The number of hydrogen-bond donors (Lipinski definition) is 1. The van der Waals surface area contributed by atoms with Crippen molar-refractivity contribution in [2.75, 3.05) is 0 Å². The number of hydrogen-bond acceptors (Lipinski definition) is 5. The van der Waals surface area contributed by atoms with E-state index in [0.29, 0.717) is 28.6 Å². The largest absolute Gasteiger partial charge is 0.459 e. The molecule has 112 valence electrons. The van der Waals surface area contributed by atoms with Gasteiger partial charge in [0, 0.05) is 17.2 Å². The number of rotatable bonds is 4. The Bertz CT molecular complexity index is 776. The van der Waals surface area contributed by atoms with Crippen molar-refractivity contribution in [2.24, 2.45) is 0 Å².